The van der Waals surface area contributed by atoms with Crippen molar-refractivity contribution in [2.45, 2.75) is 64.4 Å². The second-order valence-electron chi connectivity index (χ2n) is 7.44. The molecule has 1 heteroatoms. The van der Waals surface area contributed by atoms with Gasteiger partial charge in [-0.2, -0.15) is 0 Å². The largest absolute Gasteiger partial charge is 0.393 e. The normalized spacial score (nSPS) is 44.9. The highest BCUT2D eigenvalue weighted by Gasteiger charge is 2.51. The molecule has 96 valence electrons. The van der Waals surface area contributed by atoms with Gasteiger partial charge >= 0.3 is 0 Å². The lowest BCUT2D eigenvalue weighted by molar-refractivity contribution is -0.0755. The lowest BCUT2D eigenvalue weighted by Crippen LogP contribution is -2.47. The highest BCUT2D eigenvalue weighted by atomic mass is 16.3. The Morgan fingerprint density at radius 3 is 2.06 bits per heavy atom. The maximum atomic E-state index is 10.2. The van der Waals surface area contributed by atoms with Crippen LogP contribution in [0.1, 0.15) is 58.3 Å². The van der Waals surface area contributed by atoms with Crippen molar-refractivity contribution < 1.29 is 5.11 Å². The van der Waals surface area contributed by atoms with Crippen LogP contribution in [0.25, 0.3) is 0 Å². The molecule has 0 aliphatic heterocycles. The lowest BCUT2D eigenvalue weighted by atomic mass is 9.48. The van der Waals surface area contributed by atoms with E-state index >= 15 is 0 Å². The monoisotopic (exact) mass is 234 g/mol. The average molecular weight is 234 g/mol. The summed E-state index contributed by atoms with van der Waals surface area (Å²) in [6.07, 6.45) is 10.4. The third kappa shape index (κ3) is 2.31. The van der Waals surface area contributed by atoms with E-state index in [4.69, 9.17) is 0 Å². The van der Waals surface area contributed by atoms with E-state index in [-0.39, 0.29) is 6.10 Å². The molecule has 4 rings (SSSR count). The molecule has 4 aliphatic rings. The predicted molar refractivity (Wildman–Crippen MR) is 70.7 cm³/mol. The molecule has 0 aromatic rings. The van der Waals surface area contributed by atoms with Gasteiger partial charge in [-0.15, -0.1) is 6.58 Å². The third-order valence-electron chi connectivity index (χ3n) is 5.42. The van der Waals surface area contributed by atoms with Crippen LogP contribution in [0.3, 0.4) is 0 Å². The maximum absolute atomic E-state index is 10.2. The van der Waals surface area contributed by atoms with E-state index in [1.54, 1.807) is 0 Å². The topological polar surface area (TPSA) is 20.2 Å². The van der Waals surface area contributed by atoms with Crippen molar-refractivity contribution >= 4 is 0 Å². The summed E-state index contributed by atoms with van der Waals surface area (Å²) in [5.41, 5.74) is 1.64. The smallest absolute Gasteiger partial charge is 0.0582 e. The van der Waals surface area contributed by atoms with Crippen LogP contribution < -0.4 is 0 Å². The minimum atomic E-state index is -0.135. The van der Waals surface area contributed by atoms with Gasteiger partial charge in [0.25, 0.3) is 0 Å². The molecule has 4 aliphatic carbocycles. The van der Waals surface area contributed by atoms with Gasteiger partial charge in [-0.3, -0.25) is 0 Å². The molecule has 1 atom stereocenters. The average Bonchev–Trinajstić information content (AvgIpc) is 2.11. The van der Waals surface area contributed by atoms with E-state index in [1.807, 2.05) is 6.92 Å². The van der Waals surface area contributed by atoms with E-state index in [0.717, 1.165) is 36.2 Å². The molecule has 4 fully saturated rings. The van der Waals surface area contributed by atoms with Gasteiger partial charge in [0.05, 0.1) is 6.10 Å². The van der Waals surface area contributed by atoms with Crippen molar-refractivity contribution in [1.82, 2.24) is 0 Å². The van der Waals surface area contributed by atoms with Crippen LogP contribution in [0, 0.1) is 23.2 Å². The maximum Gasteiger partial charge on any atom is 0.0582 e. The first-order valence-corrected chi connectivity index (χ1v) is 7.37. The van der Waals surface area contributed by atoms with Crippen molar-refractivity contribution in [2.24, 2.45) is 23.2 Å². The van der Waals surface area contributed by atoms with Crippen LogP contribution in [-0.2, 0) is 0 Å². The fourth-order valence-electron chi connectivity index (χ4n) is 5.51. The van der Waals surface area contributed by atoms with Crippen LogP contribution in [0.5, 0.6) is 0 Å². The molecule has 0 aromatic heterocycles. The van der Waals surface area contributed by atoms with E-state index in [9.17, 15) is 5.11 Å². The molecule has 0 heterocycles. The first-order valence-electron chi connectivity index (χ1n) is 7.37. The first kappa shape index (κ1) is 11.8. The van der Waals surface area contributed by atoms with Crippen LogP contribution >= 0.6 is 0 Å². The quantitative estimate of drug-likeness (QED) is 0.731. The highest BCUT2D eigenvalue weighted by Crippen LogP contribution is 2.61. The number of rotatable bonds is 4. The van der Waals surface area contributed by atoms with Crippen LogP contribution in [0.2, 0.25) is 0 Å². The molecule has 1 nitrogen and oxygen atoms in total. The second kappa shape index (κ2) is 4.12. The van der Waals surface area contributed by atoms with Crippen molar-refractivity contribution in [2.75, 3.05) is 0 Å². The zero-order valence-corrected chi connectivity index (χ0v) is 11.1. The summed E-state index contributed by atoms with van der Waals surface area (Å²) < 4.78 is 0. The van der Waals surface area contributed by atoms with E-state index in [1.165, 1.54) is 38.5 Å². The summed E-state index contributed by atoms with van der Waals surface area (Å²) in [5.74, 6) is 3.00. The molecule has 0 saturated heterocycles. The zero-order chi connectivity index (χ0) is 12.0. The molecule has 1 N–H and O–H groups in total. The molecule has 4 saturated carbocycles. The van der Waals surface area contributed by atoms with Crippen molar-refractivity contribution in [3.05, 3.63) is 12.2 Å². The van der Waals surface area contributed by atoms with Crippen LogP contribution in [0.4, 0.5) is 0 Å². The molecule has 1 unspecified atom stereocenters. The van der Waals surface area contributed by atoms with Crippen molar-refractivity contribution in [1.29, 1.82) is 0 Å². The summed E-state index contributed by atoms with van der Waals surface area (Å²) in [6.45, 7) is 5.96. The Hall–Kier alpha value is -0.300. The minimum Gasteiger partial charge on any atom is -0.393 e. The molecule has 4 bridgehead atoms. The van der Waals surface area contributed by atoms with E-state index in [0.29, 0.717) is 5.41 Å². The third-order valence-corrected chi connectivity index (χ3v) is 5.42. The highest BCUT2D eigenvalue weighted by molar-refractivity contribution is 5.03. The minimum absolute atomic E-state index is 0.135. The van der Waals surface area contributed by atoms with Gasteiger partial charge in [0.15, 0.2) is 0 Å². The van der Waals surface area contributed by atoms with Gasteiger partial charge in [-0.25, -0.2) is 0 Å². The Kier molecular flexibility index (Phi) is 2.85. The van der Waals surface area contributed by atoms with E-state index < -0.39 is 0 Å². The summed E-state index contributed by atoms with van der Waals surface area (Å²) in [4.78, 5) is 0. The SMILES string of the molecule is C=C(C)CC(O)CC12CC3CC(CC(C3)C1)C2. The molecule has 0 spiro atoms. The van der Waals surface area contributed by atoms with Crippen LogP contribution in [0.15, 0.2) is 12.2 Å². The lowest BCUT2D eigenvalue weighted by Gasteiger charge is -2.57. The standard InChI is InChI=1S/C16H26O/c1-11(2)3-15(17)10-16-7-12-4-13(8-16)6-14(5-12)9-16/h12-15,17H,1,3-10H2,2H3. The Bertz CT molecular complexity index is 282. The van der Waals surface area contributed by atoms with Gasteiger partial charge in [0, 0.05) is 0 Å². The molecule has 0 radical (unpaired) electrons. The fraction of sp³-hybridized carbons (Fsp3) is 0.875. The van der Waals surface area contributed by atoms with Gasteiger partial charge in [0.2, 0.25) is 0 Å². The number of hydrogen-bond acceptors (Lipinski definition) is 1. The first-order chi connectivity index (χ1) is 8.05. The number of aliphatic hydroxyl groups excluding tert-OH is 1. The summed E-state index contributed by atoms with van der Waals surface area (Å²) >= 11 is 0. The fourth-order valence-corrected chi connectivity index (χ4v) is 5.51. The van der Waals surface area contributed by atoms with Crippen molar-refractivity contribution in [3.8, 4) is 0 Å². The van der Waals surface area contributed by atoms with E-state index in [2.05, 4.69) is 6.58 Å². The molecular formula is C16H26O. The Morgan fingerprint density at radius 2 is 1.65 bits per heavy atom. The summed E-state index contributed by atoms with van der Waals surface area (Å²) in [6, 6.07) is 0. The Labute approximate surface area is 105 Å². The number of aliphatic hydroxyl groups is 1. The molecular weight excluding hydrogens is 208 g/mol. The Balaban J connectivity index is 1.67. The zero-order valence-electron chi connectivity index (χ0n) is 11.1. The van der Waals surface area contributed by atoms with Gasteiger partial charge in [0.1, 0.15) is 0 Å². The predicted octanol–water partition coefficient (Wildman–Crippen LogP) is 3.92. The van der Waals surface area contributed by atoms with Gasteiger partial charge in [-0.05, 0) is 81.5 Å². The van der Waals surface area contributed by atoms with Gasteiger partial charge in [-0.1, -0.05) is 5.57 Å². The summed E-state index contributed by atoms with van der Waals surface area (Å²) in [5, 5.41) is 10.2. The second-order valence-corrected chi connectivity index (χ2v) is 7.44. The summed E-state index contributed by atoms with van der Waals surface area (Å²) in [7, 11) is 0. The van der Waals surface area contributed by atoms with Crippen molar-refractivity contribution in [3.63, 3.8) is 0 Å². The Morgan fingerprint density at radius 1 is 1.18 bits per heavy atom. The molecule has 0 amide bonds. The number of hydrogen-bond donors (Lipinski definition) is 1. The molecule has 0 aromatic carbocycles. The van der Waals surface area contributed by atoms with Crippen LogP contribution in [-0.4, -0.2) is 11.2 Å². The molecule has 17 heavy (non-hydrogen) atoms. The van der Waals surface area contributed by atoms with Gasteiger partial charge < -0.3 is 5.11 Å².